The van der Waals surface area contributed by atoms with E-state index < -0.39 is 27.2 Å². The number of phenolic OH excluding ortho intramolecular Hbond substituents is 1. The highest BCUT2D eigenvalue weighted by Crippen LogP contribution is 2.29. The SMILES string of the molecule is O=C(CC1SC(=O)N(CNc2ccc([N+](=O)[O-])cc2)C1=O)Nc1cccc(O)c1. The quantitative estimate of drug-likeness (QED) is 0.462. The van der Waals surface area contributed by atoms with Gasteiger partial charge in [-0.15, -0.1) is 0 Å². The molecular formula is C18H16N4O6S. The summed E-state index contributed by atoms with van der Waals surface area (Å²) in [4.78, 5) is 47.8. The number of nitro benzene ring substituents is 1. The number of nitrogens with zero attached hydrogens (tertiary/aromatic N) is 2. The Morgan fingerprint density at radius 2 is 1.90 bits per heavy atom. The fraction of sp³-hybridized carbons (Fsp3) is 0.167. The number of carbonyl (C=O) groups is 3. The lowest BCUT2D eigenvalue weighted by Crippen LogP contribution is -2.36. The highest BCUT2D eigenvalue weighted by atomic mass is 32.2. The number of thioether (sulfide) groups is 1. The van der Waals surface area contributed by atoms with Crippen LogP contribution in [-0.4, -0.2) is 43.9 Å². The number of benzene rings is 2. The summed E-state index contributed by atoms with van der Waals surface area (Å²) in [6.45, 7) is -0.118. The maximum absolute atomic E-state index is 12.5. The Balaban J connectivity index is 1.54. The van der Waals surface area contributed by atoms with Gasteiger partial charge in [-0.05, 0) is 24.3 Å². The lowest BCUT2D eigenvalue weighted by molar-refractivity contribution is -0.384. The molecule has 1 saturated heterocycles. The molecule has 0 radical (unpaired) electrons. The number of rotatable bonds is 7. The molecule has 1 unspecified atom stereocenters. The summed E-state index contributed by atoms with van der Waals surface area (Å²) in [6.07, 6.45) is -0.196. The first-order valence-electron chi connectivity index (χ1n) is 8.42. The monoisotopic (exact) mass is 416 g/mol. The summed E-state index contributed by atoms with van der Waals surface area (Å²) < 4.78 is 0. The predicted molar refractivity (Wildman–Crippen MR) is 107 cm³/mol. The van der Waals surface area contributed by atoms with Crippen LogP contribution < -0.4 is 10.6 Å². The van der Waals surface area contributed by atoms with Gasteiger partial charge in [-0.25, -0.2) is 0 Å². The van der Waals surface area contributed by atoms with Crippen LogP contribution in [0.4, 0.5) is 21.9 Å². The van der Waals surface area contributed by atoms with Gasteiger partial charge in [0.25, 0.3) is 10.9 Å². The van der Waals surface area contributed by atoms with E-state index >= 15 is 0 Å². The topological polar surface area (TPSA) is 142 Å². The van der Waals surface area contributed by atoms with Crippen molar-refractivity contribution >= 4 is 45.9 Å². The summed E-state index contributed by atoms with van der Waals surface area (Å²) in [7, 11) is 0. The van der Waals surface area contributed by atoms with Gasteiger partial charge in [-0.1, -0.05) is 17.8 Å². The molecule has 2 aromatic carbocycles. The van der Waals surface area contributed by atoms with E-state index in [2.05, 4.69) is 10.6 Å². The van der Waals surface area contributed by atoms with Crippen LogP contribution in [0.5, 0.6) is 5.75 Å². The average Bonchev–Trinajstić information content (AvgIpc) is 2.93. The van der Waals surface area contributed by atoms with E-state index in [0.29, 0.717) is 11.4 Å². The molecule has 10 nitrogen and oxygen atoms in total. The molecule has 0 aromatic heterocycles. The van der Waals surface area contributed by atoms with Crippen molar-refractivity contribution in [2.24, 2.45) is 0 Å². The predicted octanol–water partition coefficient (Wildman–Crippen LogP) is 2.76. The van der Waals surface area contributed by atoms with Crippen molar-refractivity contribution in [2.75, 3.05) is 17.3 Å². The third-order valence-electron chi connectivity index (χ3n) is 4.03. The Kier molecular flexibility index (Phi) is 5.98. The molecule has 1 aliphatic heterocycles. The number of carbonyl (C=O) groups excluding carboxylic acids is 3. The minimum absolute atomic E-state index is 0.00668. The van der Waals surface area contributed by atoms with Crippen LogP contribution in [0.3, 0.4) is 0 Å². The number of imide groups is 1. The molecule has 3 N–H and O–H groups in total. The van der Waals surface area contributed by atoms with Gasteiger partial charge in [-0.2, -0.15) is 0 Å². The van der Waals surface area contributed by atoms with Gasteiger partial charge in [-0.3, -0.25) is 29.4 Å². The maximum atomic E-state index is 12.5. The normalized spacial score (nSPS) is 16.0. The van der Waals surface area contributed by atoms with Crippen LogP contribution in [0.1, 0.15) is 6.42 Å². The molecule has 0 bridgehead atoms. The second-order valence-electron chi connectivity index (χ2n) is 6.08. The Labute approximate surface area is 169 Å². The first-order valence-corrected chi connectivity index (χ1v) is 9.30. The lowest BCUT2D eigenvalue weighted by atomic mass is 10.2. The molecule has 1 fully saturated rings. The molecule has 1 atom stereocenters. The lowest BCUT2D eigenvalue weighted by Gasteiger charge is -2.15. The number of phenols is 1. The van der Waals surface area contributed by atoms with Crippen molar-refractivity contribution < 1.29 is 24.4 Å². The minimum atomic E-state index is -0.849. The van der Waals surface area contributed by atoms with E-state index in [-0.39, 0.29) is 24.5 Å². The molecule has 2 aromatic rings. The van der Waals surface area contributed by atoms with Gasteiger partial charge in [0.2, 0.25) is 11.8 Å². The van der Waals surface area contributed by atoms with Gasteiger partial charge in [0, 0.05) is 36.0 Å². The zero-order valence-electron chi connectivity index (χ0n) is 14.9. The van der Waals surface area contributed by atoms with E-state index in [1.54, 1.807) is 12.1 Å². The van der Waals surface area contributed by atoms with E-state index in [1.807, 2.05) is 0 Å². The second-order valence-corrected chi connectivity index (χ2v) is 7.23. The number of aromatic hydroxyl groups is 1. The number of nitro groups is 1. The Hall–Kier alpha value is -3.60. The smallest absolute Gasteiger partial charge is 0.290 e. The van der Waals surface area contributed by atoms with Crippen molar-refractivity contribution in [3.05, 3.63) is 58.6 Å². The first kappa shape index (κ1) is 20.1. The van der Waals surface area contributed by atoms with Gasteiger partial charge in [0.05, 0.1) is 11.6 Å². The molecule has 0 aliphatic carbocycles. The Morgan fingerprint density at radius 1 is 1.17 bits per heavy atom. The number of non-ortho nitro benzene ring substituents is 1. The van der Waals surface area contributed by atoms with E-state index in [1.165, 1.54) is 36.4 Å². The summed E-state index contributed by atoms with van der Waals surface area (Å²) in [6, 6.07) is 11.5. The number of anilines is 2. The first-order chi connectivity index (χ1) is 13.8. The van der Waals surface area contributed by atoms with Crippen molar-refractivity contribution in [1.29, 1.82) is 0 Å². The Morgan fingerprint density at radius 3 is 2.55 bits per heavy atom. The molecule has 150 valence electrons. The standard InChI is InChI=1S/C18H16N4O6S/c23-14-3-1-2-12(8-14)20-16(24)9-15-17(25)21(18(26)29-15)10-19-11-4-6-13(7-5-11)22(27)28/h1-8,15,19,23H,9-10H2,(H,20,24). The Bertz CT molecular complexity index is 965. The third kappa shape index (κ3) is 5.02. The van der Waals surface area contributed by atoms with E-state index in [4.69, 9.17) is 0 Å². The van der Waals surface area contributed by atoms with Gasteiger partial charge < -0.3 is 15.7 Å². The molecule has 3 amide bonds. The summed E-state index contributed by atoms with van der Waals surface area (Å²) in [5, 5.41) is 24.2. The van der Waals surface area contributed by atoms with Crippen LogP contribution >= 0.6 is 11.8 Å². The van der Waals surface area contributed by atoms with Crippen LogP contribution in [0.2, 0.25) is 0 Å². The number of nitrogens with one attached hydrogen (secondary N) is 2. The van der Waals surface area contributed by atoms with Crippen LogP contribution in [-0.2, 0) is 9.59 Å². The van der Waals surface area contributed by atoms with Gasteiger partial charge >= 0.3 is 0 Å². The van der Waals surface area contributed by atoms with Crippen molar-refractivity contribution in [1.82, 2.24) is 4.90 Å². The number of hydrogen-bond acceptors (Lipinski definition) is 8. The van der Waals surface area contributed by atoms with Crippen molar-refractivity contribution in [2.45, 2.75) is 11.7 Å². The largest absolute Gasteiger partial charge is 0.508 e. The van der Waals surface area contributed by atoms with Gasteiger partial charge in [0.1, 0.15) is 11.0 Å². The maximum Gasteiger partial charge on any atom is 0.290 e. The van der Waals surface area contributed by atoms with Gasteiger partial charge in [0.15, 0.2) is 0 Å². The summed E-state index contributed by atoms with van der Waals surface area (Å²) >= 11 is 0.763. The fourth-order valence-electron chi connectivity index (χ4n) is 2.61. The molecule has 0 spiro atoms. The van der Waals surface area contributed by atoms with E-state index in [9.17, 15) is 29.6 Å². The molecule has 1 aliphatic rings. The average molecular weight is 416 g/mol. The summed E-state index contributed by atoms with van der Waals surface area (Å²) in [5.41, 5.74) is 0.817. The highest BCUT2D eigenvalue weighted by Gasteiger charge is 2.40. The third-order valence-corrected chi connectivity index (χ3v) is 5.10. The van der Waals surface area contributed by atoms with Crippen molar-refractivity contribution in [3.8, 4) is 5.75 Å². The van der Waals surface area contributed by atoms with Crippen molar-refractivity contribution in [3.63, 3.8) is 0 Å². The number of amides is 3. The second kappa shape index (κ2) is 8.61. The highest BCUT2D eigenvalue weighted by molar-refractivity contribution is 8.15. The molecule has 11 heteroatoms. The molecule has 0 saturated carbocycles. The van der Waals surface area contributed by atoms with Crippen LogP contribution in [0, 0.1) is 10.1 Å². The van der Waals surface area contributed by atoms with E-state index in [0.717, 1.165) is 16.7 Å². The molecule has 1 heterocycles. The minimum Gasteiger partial charge on any atom is -0.508 e. The van der Waals surface area contributed by atoms with Crippen LogP contribution in [0.25, 0.3) is 0 Å². The molecule has 3 rings (SSSR count). The zero-order valence-corrected chi connectivity index (χ0v) is 15.7. The van der Waals surface area contributed by atoms with Crippen LogP contribution in [0.15, 0.2) is 48.5 Å². The molecular weight excluding hydrogens is 400 g/mol. The fourth-order valence-corrected chi connectivity index (χ4v) is 3.59. The number of hydrogen-bond donors (Lipinski definition) is 3. The molecule has 29 heavy (non-hydrogen) atoms. The zero-order chi connectivity index (χ0) is 21.0. The summed E-state index contributed by atoms with van der Waals surface area (Å²) in [5.74, 6) is -0.965.